The molecular weight excluding hydrogens is 302 g/mol. The Kier molecular flexibility index (Phi) is 5.68. The Morgan fingerprint density at radius 1 is 1.32 bits per heavy atom. The van der Waals surface area contributed by atoms with Gasteiger partial charge in [-0.05, 0) is 35.6 Å². The van der Waals surface area contributed by atoms with E-state index in [2.05, 4.69) is 5.32 Å². The van der Waals surface area contributed by atoms with Crippen LogP contribution in [0.5, 0.6) is 0 Å². The molecule has 1 heterocycles. The van der Waals surface area contributed by atoms with Crippen LogP contribution < -0.4 is 5.32 Å². The topological polar surface area (TPSA) is 75.6 Å². The molecule has 2 rings (SSSR count). The summed E-state index contributed by atoms with van der Waals surface area (Å²) < 4.78 is 5.06. The zero-order valence-electron chi connectivity index (χ0n) is 12.2. The first-order chi connectivity index (χ1) is 10.6. The highest BCUT2D eigenvalue weighted by atomic mass is 32.1. The van der Waals surface area contributed by atoms with E-state index in [0.717, 1.165) is 11.1 Å². The number of carbonyl (C=O) groups excluding carboxylic acids is 1. The van der Waals surface area contributed by atoms with E-state index in [0.29, 0.717) is 24.4 Å². The normalized spacial score (nSPS) is 10.4. The van der Waals surface area contributed by atoms with Gasteiger partial charge in [0.1, 0.15) is 0 Å². The zero-order chi connectivity index (χ0) is 15.9. The number of benzene rings is 1. The van der Waals surface area contributed by atoms with Crippen molar-refractivity contribution in [1.29, 1.82) is 0 Å². The van der Waals surface area contributed by atoms with Gasteiger partial charge in [-0.15, -0.1) is 11.3 Å². The van der Waals surface area contributed by atoms with Crippen LogP contribution in [-0.4, -0.2) is 30.6 Å². The standard InChI is InChI=1S/C16H17NO4S/c1-21-10-13-6-8-22-14(13)15(18)17-7-5-11-3-2-4-12(9-11)16(19)20/h2-4,6,8-9H,5,7,10H2,1H3,(H,17,18)(H,19,20). The number of aromatic carboxylic acids is 1. The Labute approximate surface area is 132 Å². The number of amides is 1. The summed E-state index contributed by atoms with van der Waals surface area (Å²) in [6.45, 7) is 0.860. The number of thiophene rings is 1. The highest BCUT2D eigenvalue weighted by molar-refractivity contribution is 7.12. The predicted octanol–water partition coefficient (Wildman–Crippen LogP) is 2.57. The molecule has 0 radical (unpaired) electrons. The van der Waals surface area contributed by atoms with Gasteiger partial charge in [-0.1, -0.05) is 12.1 Å². The van der Waals surface area contributed by atoms with E-state index in [9.17, 15) is 9.59 Å². The molecule has 0 saturated carbocycles. The summed E-state index contributed by atoms with van der Waals surface area (Å²) in [6.07, 6.45) is 0.581. The average molecular weight is 319 g/mol. The van der Waals surface area contributed by atoms with Gasteiger partial charge in [-0.25, -0.2) is 4.79 Å². The Bertz CT molecular complexity index is 666. The molecule has 0 spiro atoms. The monoisotopic (exact) mass is 319 g/mol. The van der Waals surface area contributed by atoms with E-state index in [1.807, 2.05) is 17.5 Å². The number of hydrogen-bond acceptors (Lipinski definition) is 4. The van der Waals surface area contributed by atoms with Crippen LogP contribution in [0.3, 0.4) is 0 Å². The lowest BCUT2D eigenvalue weighted by atomic mass is 10.1. The van der Waals surface area contributed by atoms with E-state index in [4.69, 9.17) is 9.84 Å². The lowest BCUT2D eigenvalue weighted by Crippen LogP contribution is -2.25. The maximum atomic E-state index is 12.1. The maximum Gasteiger partial charge on any atom is 0.335 e. The van der Waals surface area contributed by atoms with Gasteiger partial charge in [0.2, 0.25) is 0 Å². The summed E-state index contributed by atoms with van der Waals surface area (Å²) in [5.74, 6) is -1.08. The highest BCUT2D eigenvalue weighted by Gasteiger charge is 2.12. The van der Waals surface area contributed by atoms with Gasteiger partial charge < -0.3 is 15.2 Å². The van der Waals surface area contributed by atoms with Crippen LogP contribution in [0.15, 0.2) is 35.7 Å². The summed E-state index contributed by atoms with van der Waals surface area (Å²) in [6, 6.07) is 8.60. The third kappa shape index (κ3) is 4.16. The van der Waals surface area contributed by atoms with Crippen LogP contribution in [0.2, 0.25) is 0 Å². The molecule has 0 atom stereocenters. The third-order valence-corrected chi connectivity index (χ3v) is 4.08. The quantitative estimate of drug-likeness (QED) is 0.822. The van der Waals surface area contributed by atoms with Crippen molar-refractivity contribution in [2.75, 3.05) is 13.7 Å². The first-order valence-corrected chi connectivity index (χ1v) is 7.65. The van der Waals surface area contributed by atoms with Crippen LogP contribution >= 0.6 is 11.3 Å². The Hall–Kier alpha value is -2.18. The van der Waals surface area contributed by atoms with Crippen LogP contribution in [0.25, 0.3) is 0 Å². The molecule has 6 heteroatoms. The van der Waals surface area contributed by atoms with Gasteiger partial charge in [0, 0.05) is 19.2 Å². The van der Waals surface area contributed by atoms with Crippen molar-refractivity contribution < 1.29 is 19.4 Å². The Balaban J connectivity index is 1.90. The summed E-state index contributed by atoms with van der Waals surface area (Å²) in [5, 5.41) is 13.7. The summed E-state index contributed by atoms with van der Waals surface area (Å²) in [5.41, 5.74) is 2.01. The smallest absolute Gasteiger partial charge is 0.335 e. The van der Waals surface area contributed by atoms with Crippen LogP contribution in [0.4, 0.5) is 0 Å². The van der Waals surface area contributed by atoms with E-state index in [1.165, 1.54) is 11.3 Å². The number of carboxylic acid groups (broad SMARTS) is 1. The highest BCUT2D eigenvalue weighted by Crippen LogP contribution is 2.17. The fraction of sp³-hybridized carbons (Fsp3) is 0.250. The number of rotatable bonds is 7. The first kappa shape index (κ1) is 16.2. The lowest BCUT2D eigenvalue weighted by molar-refractivity contribution is 0.0696. The third-order valence-electron chi connectivity index (χ3n) is 3.13. The number of carbonyl (C=O) groups is 2. The molecule has 2 aromatic rings. The van der Waals surface area contributed by atoms with E-state index >= 15 is 0 Å². The number of nitrogens with one attached hydrogen (secondary N) is 1. The molecule has 2 N–H and O–H groups in total. The second kappa shape index (κ2) is 7.72. The van der Waals surface area contributed by atoms with Crippen molar-refractivity contribution in [3.05, 3.63) is 57.3 Å². The minimum atomic E-state index is -0.950. The minimum absolute atomic E-state index is 0.128. The first-order valence-electron chi connectivity index (χ1n) is 6.77. The summed E-state index contributed by atoms with van der Waals surface area (Å²) in [7, 11) is 1.59. The second-order valence-electron chi connectivity index (χ2n) is 4.72. The molecule has 22 heavy (non-hydrogen) atoms. The molecular formula is C16H17NO4S. The summed E-state index contributed by atoms with van der Waals surface area (Å²) in [4.78, 5) is 23.7. The number of ether oxygens (including phenoxy) is 1. The lowest BCUT2D eigenvalue weighted by Gasteiger charge is -2.06. The molecule has 0 unspecified atom stereocenters. The van der Waals surface area contributed by atoms with Crippen molar-refractivity contribution >= 4 is 23.2 Å². The van der Waals surface area contributed by atoms with Crippen LogP contribution in [0, 0.1) is 0 Å². The second-order valence-corrected chi connectivity index (χ2v) is 5.64. The zero-order valence-corrected chi connectivity index (χ0v) is 13.0. The number of methoxy groups -OCH3 is 1. The SMILES string of the molecule is COCc1ccsc1C(=O)NCCc1cccc(C(=O)O)c1. The molecule has 5 nitrogen and oxygen atoms in total. The molecule has 0 saturated heterocycles. The molecule has 1 aromatic heterocycles. The fourth-order valence-corrected chi connectivity index (χ4v) is 2.89. The largest absolute Gasteiger partial charge is 0.478 e. The van der Waals surface area contributed by atoms with Crippen LogP contribution in [0.1, 0.15) is 31.2 Å². The van der Waals surface area contributed by atoms with Crippen molar-refractivity contribution in [3.63, 3.8) is 0 Å². The Morgan fingerprint density at radius 3 is 2.86 bits per heavy atom. The fourth-order valence-electron chi connectivity index (χ4n) is 2.06. The molecule has 1 aromatic carbocycles. The van der Waals surface area contributed by atoms with Crippen molar-refractivity contribution in [1.82, 2.24) is 5.32 Å². The predicted molar refractivity (Wildman–Crippen MR) is 84.5 cm³/mol. The average Bonchev–Trinajstić information content (AvgIpc) is 2.96. The molecule has 1 amide bonds. The molecule has 0 fully saturated rings. The van der Waals surface area contributed by atoms with Crippen molar-refractivity contribution in [2.24, 2.45) is 0 Å². The number of carboxylic acids is 1. The van der Waals surface area contributed by atoms with Gasteiger partial charge in [0.25, 0.3) is 5.91 Å². The molecule has 0 bridgehead atoms. The van der Waals surface area contributed by atoms with E-state index in [-0.39, 0.29) is 11.5 Å². The van der Waals surface area contributed by atoms with Gasteiger partial charge in [0.15, 0.2) is 0 Å². The molecule has 0 aliphatic carbocycles. The van der Waals surface area contributed by atoms with Crippen LogP contribution in [-0.2, 0) is 17.8 Å². The van der Waals surface area contributed by atoms with E-state index < -0.39 is 5.97 Å². The molecule has 116 valence electrons. The molecule has 0 aliphatic rings. The van der Waals surface area contributed by atoms with Gasteiger partial charge in [-0.3, -0.25) is 4.79 Å². The Morgan fingerprint density at radius 2 is 2.14 bits per heavy atom. The van der Waals surface area contributed by atoms with E-state index in [1.54, 1.807) is 25.3 Å². The van der Waals surface area contributed by atoms with Crippen molar-refractivity contribution in [2.45, 2.75) is 13.0 Å². The van der Waals surface area contributed by atoms with Gasteiger partial charge >= 0.3 is 5.97 Å². The minimum Gasteiger partial charge on any atom is -0.478 e. The van der Waals surface area contributed by atoms with Gasteiger partial charge in [0.05, 0.1) is 17.0 Å². The number of hydrogen-bond donors (Lipinski definition) is 2. The maximum absolute atomic E-state index is 12.1. The van der Waals surface area contributed by atoms with Gasteiger partial charge in [-0.2, -0.15) is 0 Å². The van der Waals surface area contributed by atoms with Crippen molar-refractivity contribution in [3.8, 4) is 0 Å². The molecule has 0 aliphatic heterocycles. The summed E-state index contributed by atoms with van der Waals surface area (Å²) >= 11 is 1.38.